The lowest BCUT2D eigenvalue weighted by atomic mass is 9.87. The summed E-state index contributed by atoms with van der Waals surface area (Å²) in [5.41, 5.74) is 3.58. The van der Waals surface area contributed by atoms with Gasteiger partial charge in [0, 0.05) is 18.7 Å². The molecule has 6 heteroatoms. The van der Waals surface area contributed by atoms with Crippen molar-refractivity contribution in [2.75, 3.05) is 19.6 Å². The van der Waals surface area contributed by atoms with Gasteiger partial charge in [0.25, 0.3) is 0 Å². The number of rotatable bonds is 7. The molecule has 1 fully saturated rings. The van der Waals surface area contributed by atoms with Crippen molar-refractivity contribution in [3.63, 3.8) is 0 Å². The molecule has 33 heavy (non-hydrogen) atoms. The Kier molecular flexibility index (Phi) is 7.23. The fourth-order valence-corrected chi connectivity index (χ4v) is 4.28. The molecule has 0 bridgehead atoms. The van der Waals surface area contributed by atoms with Crippen LogP contribution in [-0.4, -0.2) is 40.6 Å². The van der Waals surface area contributed by atoms with Gasteiger partial charge in [0.2, 0.25) is 17.6 Å². The Morgan fingerprint density at radius 2 is 1.88 bits per heavy atom. The van der Waals surface area contributed by atoms with Crippen LogP contribution in [0.4, 0.5) is 0 Å². The average molecular weight is 447 g/mol. The number of nitrogens with zero attached hydrogens (tertiary/aromatic N) is 3. The van der Waals surface area contributed by atoms with E-state index < -0.39 is 0 Å². The van der Waals surface area contributed by atoms with E-state index >= 15 is 0 Å². The molecule has 1 aromatic heterocycles. The minimum atomic E-state index is 0.00172. The number of piperidine rings is 1. The van der Waals surface area contributed by atoms with Crippen LogP contribution in [0, 0.1) is 5.92 Å². The molecule has 1 atom stereocenters. The van der Waals surface area contributed by atoms with Crippen molar-refractivity contribution < 1.29 is 9.32 Å². The Bertz CT molecular complexity index is 1040. The fraction of sp³-hybridized carbons (Fsp3) is 0.444. The zero-order valence-corrected chi connectivity index (χ0v) is 19.9. The van der Waals surface area contributed by atoms with Gasteiger partial charge in [0.1, 0.15) is 0 Å². The Labute approximate surface area is 196 Å². The number of nitrogens with one attached hydrogen (secondary N) is 1. The summed E-state index contributed by atoms with van der Waals surface area (Å²) < 4.78 is 5.53. The topological polar surface area (TPSA) is 71.3 Å². The summed E-state index contributed by atoms with van der Waals surface area (Å²) in [6.07, 6.45) is 2.76. The van der Waals surface area contributed by atoms with Crippen LogP contribution >= 0.6 is 0 Å². The Balaban J connectivity index is 1.29. The summed E-state index contributed by atoms with van der Waals surface area (Å²) in [6, 6.07) is 18.6. The van der Waals surface area contributed by atoms with Crippen LogP contribution in [0.1, 0.15) is 50.6 Å². The maximum atomic E-state index is 12.7. The third kappa shape index (κ3) is 6.29. The maximum Gasteiger partial charge on any atom is 0.241 e. The first kappa shape index (κ1) is 23.2. The van der Waals surface area contributed by atoms with E-state index in [1.807, 2.05) is 30.3 Å². The second-order valence-corrected chi connectivity index (χ2v) is 9.94. The molecule has 0 aliphatic carbocycles. The first-order chi connectivity index (χ1) is 15.9. The highest BCUT2D eigenvalue weighted by Gasteiger charge is 2.26. The number of likely N-dealkylation sites (tertiary alicyclic amines) is 1. The fourth-order valence-electron chi connectivity index (χ4n) is 4.28. The lowest BCUT2D eigenvalue weighted by molar-refractivity contribution is -0.126. The van der Waals surface area contributed by atoms with Gasteiger partial charge in [-0.05, 0) is 42.3 Å². The number of carbonyl (C=O) groups is 1. The first-order valence-electron chi connectivity index (χ1n) is 11.9. The van der Waals surface area contributed by atoms with Gasteiger partial charge in [0.05, 0.1) is 12.5 Å². The first-order valence-corrected chi connectivity index (χ1v) is 11.9. The molecule has 2 heterocycles. The summed E-state index contributed by atoms with van der Waals surface area (Å²) in [4.78, 5) is 19.5. The molecular weight excluding hydrogens is 412 g/mol. The maximum absolute atomic E-state index is 12.7. The van der Waals surface area contributed by atoms with E-state index in [1.54, 1.807) is 0 Å². The molecule has 3 aromatic rings. The lowest BCUT2D eigenvalue weighted by Crippen LogP contribution is -2.43. The zero-order valence-electron chi connectivity index (χ0n) is 19.9. The van der Waals surface area contributed by atoms with Gasteiger partial charge in [-0.25, -0.2) is 0 Å². The Morgan fingerprint density at radius 3 is 2.61 bits per heavy atom. The monoisotopic (exact) mass is 446 g/mol. The summed E-state index contributed by atoms with van der Waals surface area (Å²) in [5, 5.41) is 7.28. The van der Waals surface area contributed by atoms with E-state index in [9.17, 15) is 4.79 Å². The van der Waals surface area contributed by atoms with Gasteiger partial charge < -0.3 is 9.84 Å². The molecule has 0 spiro atoms. The minimum Gasteiger partial charge on any atom is -0.355 e. The third-order valence-corrected chi connectivity index (χ3v) is 6.27. The Morgan fingerprint density at radius 1 is 1.12 bits per heavy atom. The molecule has 1 N–H and O–H groups in total. The van der Waals surface area contributed by atoms with E-state index in [2.05, 4.69) is 65.4 Å². The summed E-state index contributed by atoms with van der Waals surface area (Å²) in [7, 11) is 0. The van der Waals surface area contributed by atoms with Crippen LogP contribution in [0.5, 0.6) is 0 Å². The van der Waals surface area contributed by atoms with Gasteiger partial charge in [-0.3, -0.25) is 9.69 Å². The SMILES string of the molecule is CC(C)(C)c1ccc(-c2noc(CN3CCCC(C(=O)NCCc4ccccc4)C3)n2)cc1. The second-order valence-electron chi connectivity index (χ2n) is 9.94. The molecule has 4 rings (SSSR count). The number of amides is 1. The van der Waals surface area contributed by atoms with Gasteiger partial charge >= 0.3 is 0 Å². The van der Waals surface area contributed by atoms with Crippen molar-refractivity contribution in [1.82, 2.24) is 20.4 Å². The van der Waals surface area contributed by atoms with Crippen molar-refractivity contribution in [2.45, 2.75) is 52.0 Å². The largest absolute Gasteiger partial charge is 0.355 e. The van der Waals surface area contributed by atoms with Gasteiger partial charge in [-0.1, -0.05) is 80.5 Å². The molecule has 174 valence electrons. The molecule has 0 saturated carbocycles. The zero-order chi connectivity index (χ0) is 23.3. The van der Waals surface area contributed by atoms with Crippen molar-refractivity contribution in [3.05, 3.63) is 71.6 Å². The van der Waals surface area contributed by atoms with Crippen LogP contribution in [0.25, 0.3) is 11.4 Å². The molecule has 1 amide bonds. The van der Waals surface area contributed by atoms with Crippen LogP contribution in [0.3, 0.4) is 0 Å². The lowest BCUT2D eigenvalue weighted by Gasteiger charge is -2.30. The highest BCUT2D eigenvalue weighted by atomic mass is 16.5. The minimum absolute atomic E-state index is 0.00172. The summed E-state index contributed by atoms with van der Waals surface area (Å²) >= 11 is 0. The number of carbonyl (C=O) groups excluding carboxylic acids is 1. The van der Waals surface area contributed by atoms with Crippen molar-refractivity contribution in [2.24, 2.45) is 5.92 Å². The van der Waals surface area contributed by atoms with E-state index in [0.29, 0.717) is 24.8 Å². The number of hydrogen-bond acceptors (Lipinski definition) is 5. The standard InChI is InChI=1S/C27H34N4O2/c1-27(2,3)23-13-11-21(12-14-23)25-29-24(33-30-25)19-31-17-7-10-22(18-31)26(32)28-16-15-20-8-5-4-6-9-20/h4-6,8-9,11-14,22H,7,10,15-19H2,1-3H3,(H,28,32). The normalized spacial score (nSPS) is 17.1. The van der Waals surface area contributed by atoms with Crippen LogP contribution < -0.4 is 5.32 Å². The van der Waals surface area contributed by atoms with Gasteiger partial charge in [0.15, 0.2) is 0 Å². The highest BCUT2D eigenvalue weighted by molar-refractivity contribution is 5.79. The average Bonchev–Trinajstić information content (AvgIpc) is 3.28. The van der Waals surface area contributed by atoms with Crippen LogP contribution in [0.15, 0.2) is 59.1 Å². The van der Waals surface area contributed by atoms with Crippen LogP contribution in [-0.2, 0) is 23.2 Å². The molecule has 1 unspecified atom stereocenters. The third-order valence-electron chi connectivity index (χ3n) is 6.27. The van der Waals surface area contributed by atoms with Crippen molar-refractivity contribution in [3.8, 4) is 11.4 Å². The smallest absolute Gasteiger partial charge is 0.241 e. The number of benzene rings is 2. The van der Waals surface area contributed by atoms with Crippen LogP contribution in [0.2, 0.25) is 0 Å². The molecule has 1 saturated heterocycles. The predicted molar refractivity (Wildman–Crippen MR) is 130 cm³/mol. The molecule has 1 aliphatic heterocycles. The molecule has 1 aliphatic rings. The predicted octanol–water partition coefficient (Wildman–Crippen LogP) is 4.61. The molecule has 6 nitrogen and oxygen atoms in total. The van der Waals surface area contributed by atoms with Crippen molar-refractivity contribution in [1.29, 1.82) is 0 Å². The van der Waals surface area contributed by atoms with E-state index in [0.717, 1.165) is 37.9 Å². The van der Waals surface area contributed by atoms with Gasteiger partial charge in [-0.15, -0.1) is 0 Å². The van der Waals surface area contributed by atoms with E-state index in [1.165, 1.54) is 11.1 Å². The second kappa shape index (κ2) is 10.3. The van der Waals surface area contributed by atoms with E-state index in [4.69, 9.17) is 4.52 Å². The summed E-state index contributed by atoms with van der Waals surface area (Å²) in [6.45, 7) is 9.49. The number of aromatic nitrogens is 2. The Hall–Kier alpha value is -2.99. The molecular formula is C27H34N4O2. The summed E-state index contributed by atoms with van der Waals surface area (Å²) in [5.74, 6) is 1.34. The number of hydrogen-bond donors (Lipinski definition) is 1. The highest BCUT2D eigenvalue weighted by Crippen LogP contribution is 2.25. The quantitative estimate of drug-likeness (QED) is 0.574. The molecule has 2 aromatic carbocycles. The molecule has 0 radical (unpaired) electrons. The van der Waals surface area contributed by atoms with Crippen molar-refractivity contribution >= 4 is 5.91 Å². The van der Waals surface area contributed by atoms with E-state index in [-0.39, 0.29) is 17.2 Å². The van der Waals surface area contributed by atoms with Gasteiger partial charge in [-0.2, -0.15) is 4.98 Å².